The van der Waals surface area contributed by atoms with Crippen LogP contribution in [0, 0.1) is 0 Å². The summed E-state index contributed by atoms with van der Waals surface area (Å²) in [5, 5.41) is 12.5. The van der Waals surface area contributed by atoms with Gasteiger partial charge in [0, 0.05) is 5.39 Å². The molecule has 1 heterocycles. The third-order valence-electron chi connectivity index (χ3n) is 2.06. The highest BCUT2D eigenvalue weighted by atomic mass is 16.3. The molecule has 0 fully saturated rings. The van der Waals surface area contributed by atoms with Crippen molar-refractivity contribution in [1.82, 2.24) is 4.98 Å². The fourth-order valence-electron chi connectivity index (χ4n) is 1.43. The maximum Gasteiger partial charge on any atom is 0.113 e. The molecular weight excluding hydrogens is 226 g/mol. The molecule has 0 saturated heterocycles. The van der Waals surface area contributed by atoms with Crippen molar-refractivity contribution in [3.8, 4) is 0 Å². The number of pyridine rings is 1. The van der Waals surface area contributed by atoms with Crippen LogP contribution in [0.3, 0.4) is 0 Å². The van der Waals surface area contributed by atoms with Gasteiger partial charge >= 0.3 is 0 Å². The van der Waals surface area contributed by atoms with Crippen molar-refractivity contribution in [2.75, 3.05) is 17.8 Å². The molecule has 4 N–H and O–H groups in total. The zero-order chi connectivity index (χ0) is 14.0. The Kier molecular flexibility index (Phi) is 8.31. The number of nitrogen functional groups attached to an aromatic ring is 1. The van der Waals surface area contributed by atoms with Gasteiger partial charge in [-0.25, -0.2) is 0 Å². The van der Waals surface area contributed by atoms with Crippen molar-refractivity contribution in [2.24, 2.45) is 0 Å². The van der Waals surface area contributed by atoms with Crippen LogP contribution in [0.5, 0.6) is 0 Å². The van der Waals surface area contributed by atoms with Crippen LogP contribution < -0.4 is 11.1 Å². The van der Waals surface area contributed by atoms with E-state index in [1.165, 1.54) is 0 Å². The Hall–Kier alpha value is -1.81. The molecule has 0 unspecified atom stereocenters. The number of para-hydroxylation sites is 1. The van der Waals surface area contributed by atoms with Crippen LogP contribution in [0.15, 0.2) is 30.5 Å². The van der Waals surface area contributed by atoms with Crippen LogP contribution >= 0.6 is 0 Å². The number of nitrogens with zero attached hydrogens (tertiary/aromatic N) is 1. The number of hydrogen-bond acceptors (Lipinski definition) is 4. The Bertz CT molecular complexity index is 458. The lowest BCUT2D eigenvalue weighted by atomic mass is 10.1. The van der Waals surface area contributed by atoms with E-state index in [2.05, 4.69) is 10.3 Å². The minimum Gasteiger partial charge on any atom is -0.396 e. The van der Waals surface area contributed by atoms with Crippen LogP contribution in [-0.2, 0) is 0 Å². The van der Waals surface area contributed by atoms with E-state index in [1.807, 2.05) is 52.0 Å². The van der Waals surface area contributed by atoms with E-state index in [4.69, 9.17) is 10.8 Å². The van der Waals surface area contributed by atoms with Gasteiger partial charge in [0.25, 0.3) is 0 Å². The molecular formula is C14H23N3O. The summed E-state index contributed by atoms with van der Waals surface area (Å²) in [7, 11) is 0. The fraction of sp³-hybridized carbons (Fsp3) is 0.357. The Morgan fingerprint density at radius 2 is 1.78 bits per heavy atom. The molecule has 0 radical (unpaired) electrons. The highest BCUT2D eigenvalue weighted by Crippen LogP contribution is 2.26. The second kappa shape index (κ2) is 9.24. The minimum atomic E-state index is -0.141. The van der Waals surface area contributed by atoms with E-state index in [1.54, 1.807) is 6.20 Å². The number of aromatic nitrogens is 1. The smallest absolute Gasteiger partial charge is 0.113 e. The lowest BCUT2D eigenvalue weighted by molar-refractivity contribution is 0.326. The molecule has 0 atom stereocenters. The molecule has 2 rings (SSSR count). The summed E-state index contributed by atoms with van der Waals surface area (Å²) in [5.41, 5.74) is 7.87. The zero-order valence-electron chi connectivity index (χ0n) is 11.6. The third-order valence-corrected chi connectivity index (χ3v) is 2.06. The van der Waals surface area contributed by atoms with Crippen molar-refractivity contribution < 1.29 is 5.11 Å². The topological polar surface area (TPSA) is 71.2 Å². The van der Waals surface area contributed by atoms with E-state index in [0.717, 1.165) is 16.6 Å². The maximum atomic E-state index is 8.82. The van der Waals surface area contributed by atoms with Crippen molar-refractivity contribution in [3.05, 3.63) is 30.5 Å². The first-order valence-electron chi connectivity index (χ1n) is 6.31. The minimum absolute atomic E-state index is 0.141. The van der Waals surface area contributed by atoms with Gasteiger partial charge in [0.1, 0.15) is 6.73 Å². The van der Waals surface area contributed by atoms with Gasteiger partial charge in [0.2, 0.25) is 0 Å². The molecule has 2 aromatic rings. The van der Waals surface area contributed by atoms with Gasteiger partial charge in [-0.15, -0.1) is 0 Å². The summed E-state index contributed by atoms with van der Waals surface area (Å²) in [6.07, 6.45) is 1.58. The summed E-state index contributed by atoms with van der Waals surface area (Å²) in [6.45, 7) is 7.86. The molecule has 0 amide bonds. The van der Waals surface area contributed by atoms with Crippen LogP contribution in [0.1, 0.15) is 27.7 Å². The number of anilines is 2. The normalized spacial score (nSPS) is 8.72. The Balaban J connectivity index is 0.000000659. The van der Waals surface area contributed by atoms with Gasteiger partial charge in [0.15, 0.2) is 0 Å². The maximum absolute atomic E-state index is 8.82. The number of benzene rings is 1. The predicted octanol–water partition coefficient (Wildman–Crippen LogP) is 3.23. The van der Waals surface area contributed by atoms with Gasteiger partial charge in [-0.2, -0.15) is 0 Å². The molecule has 0 aliphatic heterocycles. The van der Waals surface area contributed by atoms with Crippen molar-refractivity contribution in [3.63, 3.8) is 0 Å². The average molecular weight is 249 g/mol. The largest absolute Gasteiger partial charge is 0.396 e. The number of aliphatic hydroxyl groups excluding tert-OH is 1. The Morgan fingerprint density at radius 3 is 2.39 bits per heavy atom. The number of rotatable bonds is 2. The first-order valence-corrected chi connectivity index (χ1v) is 6.31. The van der Waals surface area contributed by atoms with E-state index < -0.39 is 0 Å². The summed E-state index contributed by atoms with van der Waals surface area (Å²) in [5.74, 6) is 0. The molecule has 0 aliphatic carbocycles. The van der Waals surface area contributed by atoms with Gasteiger partial charge in [-0.1, -0.05) is 45.9 Å². The lowest BCUT2D eigenvalue weighted by Crippen LogP contribution is -2.04. The van der Waals surface area contributed by atoms with Crippen LogP contribution in [-0.4, -0.2) is 16.8 Å². The fourth-order valence-corrected chi connectivity index (χ4v) is 1.43. The monoisotopic (exact) mass is 249 g/mol. The quantitative estimate of drug-likeness (QED) is 0.715. The molecule has 0 bridgehead atoms. The SMILES string of the molecule is CC.CC.Nc1cnc2ccccc2c1NCO. The molecule has 0 saturated carbocycles. The molecule has 0 aliphatic rings. The van der Waals surface area contributed by atoms with Gasteiger partial charge in [-0.3, -0.25) is 4.98 Å². The van der Waals surface area contributed by atoms with Crippen LogP contribution in [0.4, 0.5) is 11.4 Å². The molecule has 100 valence electrons. The summed E-state index contributed by atoms with van der Waals surface area (Å²) >= 11 is 0. The molecule has 0 spiro atoms. The summed E-state index contributed by atoms with van der Waals surface area (Å²) < 4.78 is 0. The number of fused-ring (bicyclic) bond motifs is 1. The molecule has 4 heteroatoms. The van der Waals surface area contributed by atoms with Gasteiger partial charge in [0.05, 0.1) is 23.1 Å². The zero-order valence-corrected chi connectivity index (χ0v) is 11.6. The van der Waals surface area contributed by atoms with Crippen molar-refractivity contribution in [1.29, 1.82) is 0 Å². The first kappa shape index (κ1) is 16.2. The van der Waals surface area contributed by atoms with E-state index in [0.29, 0.717) is 5.69 Å². The number of nitrogens with one attached hydrogen (secondary N) is 1. The van der Waals surface area contributed by atoms with Crippen molar-refractivity contribution in [2.45, 2.75) is 27.7 Å². The third kappa shape index (κ3) is 3.89. The Morgan fingerprint density at radius 1 is 1.17 bits per heavy atom. The Labute approximate surface area is 109 Å². The average Bonchev–Trinajstić information content (AvgIpc) is 2.46. The summed E-state index contributed by atoms with van der Waals surface area (Å²) in [4.78, 5) is 4.18. The van der Waals surface area contributed by atoms with E-state index in [9.17, 15) is 0 Å². The second-order valence-electron chi connectivity index (χ2n) is 2.94. The van der Waals surface area contributed by atoms with Gasteiger partial charge in [-0.05, 0) is 6.07 Å². The van der Waals surface area contributed by atoms with E-state index >= 15 is 0 Å². The highest BCUT2D eigenvalue weighted by molar-refractivity contribution is 5.96. The second-order valence-corrected chi connectivity index (χ2v) is 2.94. The lowest BCUT2D eigenvalue weighted by Gasteiger charge is -2.09. The number of nitrogens with two attached hydrogens (primary N) is 1. The molecule has 1 aromatic heterocycles. The van der Waals surface area contributed by atoms with Gasteiger partial charge < -0.3 is 16.2 Å². The number of hydrogen-bond donors (Lipinski definition) is 3. The number of aliphatic hydroxyl groups is 1. The first-order chi connectivity index (χ1) is 8.83. The van der Waals surface area contributed by atoms with Crippen molar-refractivity contribution >= 4 is 22.3 Å². The standard InChI is InChI=1S/C10H11N3O.2C2H6/c11-8-5-12-9-4-2-1-3-7(9)10(8)13-6-14;2*1-2/h1-5,14H,6,11H2,(H,12,13);2*1-2H3. The molecule has 18 heavy (non-hydrogen) atoms. The van der Waals surface area contributed by atoms with E-state index in [-0.39, 0.29) is 6.73 Å². The molecule has 4 nitrogen and oxygen atoms in total. The summed E-state index contributed by atoms with van der Waals surface area (Å²) in [6, 6.07) is 7.63. The van der Waals surface area contributed by atoms with Crippen LogP contribution in [0.25, 0.3) is 10.9 Å². The predicted molar refractivity (Wildman–Crippen MR) is 79.6 cm³/mol. The van der Waals surface area contributed by atoms with Crippen LogP contribution in [0.2, 0.25) is 0 Å². The molecule has 1 aromatic carbocycles. The highest BCUT2D eigenvalue weighted by Gasteiger charge is 2.04.